The van der Waals surface area contributed by atoms with Gasteiger partial charge in [-0.05, 0) is 29.3 Å². The van der Waals surface area contributed by atoms with Gasteiger partial charge in [0.1, 0.15) is 17.5 Å². The van der Waals surface area contributed by atoms with Crippen LogP contribution in [0.2, 0.25) is 0 Å². The lowest BCUT2D eigenvalue weighted by molar-refractivity contribution is -0.121. The second-order valence-corrected chi connectivity index (χ2v) is 7.74. The molecule has 7 nitrogen and oxygen atoms in total. The minimum atomic E-state index is -0.726. The van der Waals surface area contributed by atoms with Gasteiger partial charge in [-0.2, -0.15) is 4.98 Å². The Labute approximate surface area is 177 Å². The fraction of sp³-hybridized carbons (Fsp3) is 0.190. The van der Waals surface area contributed by atoms with Crippen molar-refractivity contribution in [1.29, 1.82) is 0 Å². The van der Waals surface area contributed by atoms with Crippen LogP contribution in [0, 0.1) is 11.7 Å². The summed E-state index contributed by atoms with van der Waals surface area (Å²) >= 11 is 1.30. The fourth-order valence-electron chi connectivity index (χ4n) is 3.44. The highest BCUT2D eigenvalue weighted by Gasteiger charge is 2.39. The largest absolute Gasteiger partial charge is 0.497 e. The van der Waals surface area contributed by atoms with E-state index < -0.39 is 17.9 Å². The summed E-state index contributed by atoms with van der Waals surface area (Å²) in [6, 6.07) is 13.4. The number of carbonyl (C=O) groups excluding carboxylic acids is 1. The molecule has 0 saturated heterocycles. The Hall–Kier alpha value is -3.33. The number of anilines is 1. The van der Waals surface area contributed by atoms with E-state index in [-0.39, 0.29) is 5.82 Å². The maximum absolute atomic E-state index is 13.9. The predicted molar refractivity (Wildman–Crippen MR) is 113 cm³/mol. The fourth-order valence-corrected chi connectivity index (χ4v) is 4.26. The molecular weight excluding hydrogens is 405 g/mol. The van der Waals surface area contributed by atoms with Crippen molar-refractivity contribution in [1.82, 2.24) is 14.8 Å². The summed E-state index contributed by atoms with van der Waals surface area (Å²) in [6.07, 6.45) is 0. The molecule has 9 heteroatoms. The maximum atomic E-state index is 13.9. The Kier molecular flexibility index (Phi) is 5.45. The highest BCUT2D eigenvalue weighted by Crippen LogP contribution is 2.39. The molecule has 1 amide bonds. The Morgan fingerprint density at radius 2 is 2.13 bits per heavy atom. The number of hydrogen-bond acceptors (Lipinski definition) is 6. The number of nitrogens with one attached hydrogen (secondary N) is 1. The highest BCUT2D eigenvalue weighted by atomic mass is 32.2. The molecule has 4 rings (SSSR count). The van der Waals surface area contributed by atoms with Gasteiger partial charge >= 0.3 is 0 Å². The zero-order valence-electron chi connectivity index (χ0n) is 16.2. The van der Waals surface area contributed by atoms with Crippen LogP contribution in [0.1, 0.15) is 17.2 Å². The second-order valence-electron chi connectivity index (χ2n) is 6.79. The van der Waals surface area contributed by atoms with Crippen LogP contribution in [-0.4, -0.2) is 27.8 Å². The van der Waals surface area contributed by atoms with Gasteiger partial charge in [-0.3, -0.25) is 4.79 Å². The summed E-state index contributed by atoms with van der Waals surface area (Å²) < 4.78 is 20.9. The molecule has 0 saturated carbocycles. The molecule has 0 spiro atoms. The number of benzene rings is 2. The number of hydrogen-bond donors (Lipinski definition) is 2. The van der Waals surface area contributed by atoms with E-state index in [1.54, 1.807) is 30.0 Å². The van der Waals surface area contributed by atoms with Crippen molar-refractivity contribution in [3.8, 4) is 5.75 Å². The van der Waals surface area contributed by atoms with Crippen molar-refractivity contribution >= 4 is 23.6 Å². The molecule has 1 aliphatic heterocycles. The zero-order chi connectivity index (χ0) is 21.3. The van der Waals surface area contributed by atoms with Crippen LogP contribution in [-0.2, 0) is 10.5 Å². The summed E-state index contributed by atoms with van der Waals surface area (Å²) in [7, 11) is 1.57. The van der Waals surface area contributed by atoms with Gasteiger partial charge in [-0.15, -0.1) is 5.10 Å². The number of nitrogens with zero attached hydrogens (tertiary/aromatic N) is 3. The number of thioether (sulfide) groups is 1. The van der Waals surface area contributed by atoms with E-state index in [0.717, 1.165) is 5.56 Å². The van der Waals surface area contributed by atoms with Gasteiger partial charge in [-0.25, -0.2) is 9.07 Å². The Bertz CT molecular complexity index is 1120. The summed E-state index contributed by atoms with van der Waals surface area (Å²) in [6.45, 7) is 3.97. The van der Waals surface area contributed by atoms with Crippen LogP contribution in [0.15, 0.2) is 66.0 Å². The predicted octanol–water partition coefficient (Wildman–Crippen LogP) is 3.35. The van der Waals surface area contributed by atoms with Gasteiger partial charge in [0.25, 0.3) is 0 Å². The number of primary amides is 1. The van der Waals surface area contributed by atoms with Crippen LogP contribution in [0.4, 0.5) is 10.3 Å². The summed E-state index contributed by atoms with van der Waals surface area (Å²) in [5, 5.41) is 8.05. The number of nitrogens with two attached hydrogens (primary N) is 1. The number of amides is 1. The Morgan fingerprint density at radius 3 is 2.87 bits per heavy atom. The average molecular weight is 425 g/mol. The number of fused-ring (bicyclic) bond motifs is 1. The minimum Gasteiger partial charge on any atom is -0.497 e. The van der Waals surface area contributed by atoms with E-state index >= 15 is 0 Å². The number of halogens is 1. The van der Waals surface area contributed by atoms with Crippen LogP contribution in [0.5, 0.6) is 5.75 Å². The van der Waals surface area contributed by atoms with E-state index in [1.165, 1.54) is 17.8 Å². The zero-order valence-corrected chi connectivity index (χ0v) is 17.0. The Morgan fingerprint density at radius 1 is 1.33 bits per heavy atom. The molecule has 0 aliphatic carbocycles. The molecule has 2 atom stereocenters. The van der Waals surface area contributed by atoms with Crippen LogP contribution < -0.4 is 15.8 Å². The van der Waals surface area contributed by atoms with Crippen LogP contribution in [0.3, 0.4) is 0 Å². The van der Waals surface area contributed by atoms with Gasteiger partial charge < -0.3 is 15.8 Å². The SMILES string of the molecule is C=C1Nc2nc(SCc3ccccc3F)nn2[C@@H](c2cccc(OC)c2)[C@@H]1C(N)=O. The number of carbonyl (C=O) groups is 1. The van der Waals surface area contributed by atoms with Crippen molar-refractivity contribution in [2.45, 2.75) is 17.0 Å². The van der Waals surface area contributed by atoms with E-state index in [2.05, 4.69) is 22.0 Å². The van der Waals surface area contributed by atoms with Crippen molar-refractivity contribution in [3.63, 3.8) is 0 Å². The normalized spacial score (nSPS) is 17.9. The highest BCUT2D eigenvalue weighted by molar-refractivity contribution is 7.98. The molecule has 0 fully saturated rings. The first-order valence-electron chi connectivity index (χ1n) is 9.19. The molecule has 2 heterocycles. The van der Waals surface area contributed by atoms with E-state index in [4.69, 9.17) is 10.5 Å². The molecule has 0 radical (unpaired) electrons. The van der Waals surface area contributed by atoms with Crippen LogP contribution >= 0.6 is 11.8 Å². The van der Waals surface area contributed by atoms with Gasteiger partial charge in [0.15, 0.2) is 0 Å². The van der Waals surface area contributed by atoms with Gasteiger partial charge in [0, 0.05) is 11.4 Å². The third-order valence-corrected chi connectivity index (χ3v) is 5.78. The number of aromatic nitrogens is 3. The molecule has 0 bridgehead atoms. The number of methoxy groups -OCH3 is 1. The smallest absolute Gasteiger partial charge is 0.229 e. The third kappa shape index (κ3) is 3.76. The molecule has 30 heavy (non-hydrogen) atoms. The lowest BCUT2D eigenvalue weighted by Crippen LogP contribution is -2.40. The topological polar surface area (TPSA) is 95.1 Å². The third-order valence-electron chi connectivity index (χ3n) is 4.90. The van der Waals surface area contributed by atoms with Crippen molar-refractivity contribution in [2.24, 2.45) is 11.7 Å². The first kappa shape index (κ1) is 20.0. The van der Waals surface area contributed by atoms with E-state index in [9.17, 15) is 9.18 Å². The van der Waals surface area contributed by atoms with Crippen LogP contribution in [0.25, 0.3) is 0 Å². The standard InChI is InChI=1S/C21H20FN5O2S/c1-12-17(19(23)28)18(13-7-5-8-15(10-13)29-2)27-20(24-12)25-21(26-27)30-11-14-6-3-4-9-16(14)22/h3-10,17-18H,1,11H2,2H3,(H2,23,28)(H,24,25,26)/t17-,18+/m1/s1. The monoisotopic (exact) mass is 425 g/mol. The van der Waals surface area contributed by atoms with Gasteiger partial charge in [0.2, 0.25) is 17.0 Å². The van der Waals surface area contributed by atoms with Crippen molar-refractivity contribution in [3.05, 3.63) is 77.8 Å². The number of ether oxygens (including phenoxy) is 1. The second kappa shape index (κ2) is 8.19. The maximum Gasteiger partial charge on any atom is 0.229 e. The first-order valence-corrected chi connectivity index (χ1v) is 10.2. The van der Waals surface area contributed by atoms with Crippen molar-refractivity contribution < 1.29 is 13.9 Å². The molecule has 1 aliphatic rings. The molecule has 1 aromatic heterocycles. The average Bonchev–Trinajstić information content (AvgIpc) is 3.14. The molecule has 0 unspecified atom stereocenters. The lowest BCUT2D eigenvalue weighted by atomic mass is 9.88. The van der Waals surface area contributed by atoms with Gasteiger partial charge in [-0.1, -0.05) is 48.7 Å². The summed E-state index contributed by atoms with van der Waals surface area (Å²) in [5.41, 5.74) is 7.49. The van der Waals surface area contributed by atoms with E-state index in [0.29, 0.717) is 33.9 Å². The quantitative estimate of drug-likeness (QED) is 0.588. The molecular formula is C21H20FN5O2S. The van der Waals surface area contributed by atoms with E-state index in [1.807, 2.05) is 24.3 Å². The number of rotatable bonds is 6. The molecule has 2 aromatic carbocycles. The summed E-state index contributed by atoms with van der Waals surface area (Å²) in [4.78, 5) is 16.7. The minimum absolute atomic E-state index is 0.275. The molecule has 3 N–H and O–H groups in total. The lowest BCUT2D eigenvalue weighted by Gasteiger charge is -2.32. The van der Waals surface area contributed by atoms with Crippen molar-refractivity contribution in [2.75, 3.05) is 12.4 Å². The molecule has 154 valence electrons. The first-order chi connectivity index (χ1) is 14.5. The Balaban J connectivity index is 1.70. The van der Waals surface area contributed by atoms with Gasteiger partial charge in [0.05, 0.1) is 13.2 Å². The molecule has 3 aromatic rings. The summed E-state index contributed by atoms with van der Waals surface area (Å²) in [5.74, 6) is -0.0570.